The van der Waals surface area contributed by atoms with Gasteiger partial charge >= 0.3 is 0 Å². The maximum absolute atomic E-state index is 5.08. The van der Waals surface area contributed by atoms with Crippen molar-refractivity contribution in [1.29, 1.82) is 0 Å². The predicted octanol–water partition coefficient (Wildman–Crippen LogP) is 3.34. The van der Waals surface area contributed by atoms with Crippen molar-refractivity contribution in [1.82, 2.24) is 4.57 Å². The van der Waals surface area contributed by atoms with Crippen LogP contribution in [-0.2, 0) is 11.3 Å². The number of aromatic nitrogens is 1. The number of nitrogens with zero attached hydrogens (tertiary/aromatic N) is 1. The lowest BCUT2D eigenvalue weighted by Gasteiger charge is -2.06. The first-order valence-corrected chi connectivity index (χ1v) is 5.93. The fourth-order valence-electron chi connectivity index (χ4n) is 1.65. The molecule has 0 bridgehead atoms. The summed E-state index contributed by atoms with van der Waals surface area (Å²) in [6, 6.07) is 6.11. The first-order valence-electron chi connectivity index (χ1n) is 4.69. The van der Waals surface area contributed by atoms with Crippen LogP contribution >= 0.6 is 28.6 Å². The number of thiol groups is 1. The van der Waals surface area contributed by atoms with Gasteiger partial charge in [-0.25, -0.2) is 0 Å². The Morgan fingerprint density at radius 3 is 2.93 bits per heavy atom. The Morgan fingerprint density at radius 2 is 2.20 bits per heavy atom. The molecular formula is C11H12BrNOS. The summed E-state index contributed by atoms with van der Waals surface area (Å²) in [6.45, 7) is 1.56. The lowest BCUT2D eigenvalue weighted by atomic mass is 10.2. The molecule has 0 aliphatic rings. The van der Waals surface area contributed by atoms with Crippen LogP contribution in [0, 0.1) is 0 Å². The number of fused-ring (bicyclic) bond motifs is 1. The lowest BCUT2D eigenvalue weighted by Crippen LogP contribution is -2.02. The Hall–Kier alpha value is -0.450. The Labute approximate surface area is 103 Å². The Kier molecular flexibility index (Phi) is 3.38. The highest BCUT2D eigenvalue weighted by Gasteiger charge is 2.06. The van der Waals surface area contributed by atoms with Gasteiger partial charge in [-0.3, -0.25) is 0 Å². The standard InChI is InChI=1S/C11H12BrNOS/c1-14-7-6-13-5-4-8-9(12)2-3-10(15)11(8)13/h2-5,15H,6-7H2,1H3. The van der Waals surface area contributed by atoms with Crippen LogP contribution in [0.15, 0.2) is 33.8 Å². The van der Waals surface area contributed by atoms with Crippen LogP contribution in [0.25, 0.3) is 10.9 Å². The van der Waals surface area contributed by atoms with Crippen LogP contribution in [-0.4, -0.2) is 18.3 Å². The van der Waals surface area contributed by atoms with E-state index in [4.69, 9.17) is 4.74 Å². The van der Waals surface area contributed by atoms with Gasteiger partial charge in [-0.05, 0) is 18.2 Å². The van der Waals surface area contributed by atoms with Gasteiger partial charge in [0.15, 0.2) is 0 Å². The van der Waals surface area contributed by atoms with Crippen molar-refractivity contribution in [2.24, 2.45) is 0 Å². The van der Waals surface area contributed by atoms with Crippen molar-refractivity contribution >= 4 is 39.5 Å². The summed E-state index contributed by atoms with van der Waals surface area (Å²) in [6.07, 6.45) is 2.06. The van der Waals surface area contributed by atoms with Crippen molar-refractivity contribution in [3.8, 4) is 0 Å². The molecule has 0 unspecified atom stereocenters. The number of ether oxygens (including phenoxy) is 1. The van der Waals surface area contributed by atoms with Crippen LogP contribution in [0.5, 0.6) is 0 Å². The minimum absolute atomic E-state index is 0.712. The summed E-state index contributed by atoms with van der Waals surface area (Å²) < 4.78 is 8.34. The molecule has 0 aliphatic carbocycles. The van der Waals surface area contributed by atoms with E-state index in [0.717, 1.165) is 21.4 Å². The highest BCUT2D eigenvalue weighted by atomic mass is 79.9. The van der Waals surface area contributed by atoms with Crippen molar-refractivity contribution < 1.29 is 4.74 Å². The number of hydrogen-bond donors (Lipinski definition) is 1. The molecule has 1 aromatic heterocycles. The van der Waals surface area contributed by atoms with Crippen LogP contribution < -0.4 is 0 Å². The molecule has 0 atom stereocenters. The van der Waals surface area contributed by atoms with Crippen molar-refractivity contribution in [3.05, 3.63) is 28.9 Å². The molecule has 1 heterocycles. The number of rotatable bonds is 3. The topological polar surface area (TPSA) is 14.2 Å². The maximum Gasteiger partial charge on any atom is 0.0641 e. The highest BCUT2D eigenvalue weighted by Crippen LogP contribution is 2.29. The molecule has 4 heteroatoms. The van der Waals surface area contributed by atoms with Gasteiger partial charge in [0.05, 0.1) is 12.1 Å². The average Bonchev–Trinajstić information content (AvgIpc) is 2.65. The molecule has 0 saturated heterocycles. The zero-order valence-electron chi connectivity index (χ0n) is 8.40. The van der Waals surface area contributed by atoms with Gasteiger partial charge in [-0.1, -0.05) is 15.9 Å². The summed E-state index contributed by atoms with van der Waals surface area (Å²) in [5.74, 6) is 0. The lowest BCUT2D eigenvalue weighted by molar-refractivity contribution is 0.188. The second-order valence-corrected chi connectivity index (χ2v) is 4.67. The first-order chi connectivity index (χ1) is 7.24. The number of hydrogen-bond acceptors (Lipinski definition) is 2. The summed E-state index contributed by atoms with van der Waals surface area (Å²) in [5.41, 5.74) is 1.16. The summed E-state index contributed by atoms with van der Waals surface area (Å²) >= 11 is 8.01. The SMILES string of the molecule is COCCn1ccc2c(Br)ccc(S)c21. The number of halogens is 1. The second kappa shape index (κ2) is 4.60. The molecule has 0 N–H and O–H groups in total. The monoisotopic (exact) mass is 285 g/mol. The molecule has 2 rings (SSSR count). The van der Waals surface area contributed by atoms with E-state index in [0.29, 0.717) is 6.61 Å². The Morgan fingerprint density at radius 1 is 1.40 bits per heavy atom. The first kappa shape index (κ1) is 11.0. The number of benzene rings is 1. The van der Waals surface area contributed by atoms with Gasteiger partial charge in [-0.2, -0.15) is 0 Å². The fourth-order valence-corrected chi connectivity index (χ4v) is 2.42. The van der Waals surface area contributed by atoms with Gasteiger partial charge in [-0.15, -0.1) is 12.6 Å². The van der Waals surface area contributed by atoms with Gasteiger partial charge in [0.2, 0.25) is 0 Å². The molecular weight excluding hydrogens is 274 g/mol. The summed E-state index contributed by atoms with van der Waals surface area (Å²) in [4.78, 5) is 0.995. The third kappa shape index (κ3) is 2.07. The van der Waals surface area contributed by atoms with Crippen LogP contribution in [0.2, 0.25) is 0 Å². The molecule has 0 aliphatic heterocycles. The van der Waals surface area contributed by atoms with E-state index in [1.807, 2.05) is 12.1 Å². The molecule has 2 aromatic rings. The van der Waals surface area contributed by atoms with Crippen molar-refractivity contribution in [2.45, 2.75) is 11.4 Å². The molecule has 0 fully saturated rings. The van der Waals surface area contributed by atoms with E-state index >= 15 is 0 Å². The minimum atomic E-state index is 0.712. The molecule has 15 heavy (non-hydrogen) atoms. The zero-order chi connectivity index (χ0) is 10.8. The predicted molar refractivity (Wildman–Crippen MR) is 68.8 cm³/mol. The molecule has 0 radical (unpaired) electrons. The Bertz CT molecular complexity index is 481. The van der Waals surface area contributed by atoms with E-state index < -0.39 is 0 Å². The molecule has 0 spiro atoms. The van der Waals surface area contributed by atoms with Gasteiger partial charge in [0.1, 0.15) is 0 Å². The normalized spacial score (nSPS) is 11.1. The average molecular weight is 286 g/mol. The van der Waals surface area contributed by atoms with Crippen molar-refractivity contribution in [2.75, 3.05) is 13.7 Å². The fraction of sp³-hybridized carbons (Fsp3) is 0.273. The van der Waals surface area contributed by atoms with E-state index in [1.165, 1.54) is 5.39 Å². The summed E-state index contributed by atoms with van der Waals surface area (Å²) in [5, 5.41) is 1.19. The van der Waals surface area contributed by atoms with Gasteiger partial charge < -0.3 is 9.30 Å². The second-order valence-electron chi connectivity index (χ2n) is 3.33. The molecule has 0 saturated carbocycles. The quantitative estimate of drug-likeness (QED) is 0.855. The third-order valence-corrected chi connectivity index (χ3v) is 3.44. The van der Waals surface area contributed by atoms with Crippen LogP contribution in [0.4, 0.5) is 0 Å². The maximum atomic E-state index is 5.08. The van der Waals surface area contributed by atoms with Crippen LogP contribution in [0.1, 0.15) is 0 Å². The van der Waals surface area contributed by atoms with E-state index in [2.05, 4.69) is 45.4 Å². The van der Waals surface area contributed by atoms with Crippen molar-refractivity contribution in [3.63, 3.8) is 0 Å². The van der Waals surface area contributed by atoms with E-state index in [9.17, 15) is 0 Å². The van der Waals surface area contributed by atoms with Crippen LogP contribution in [0.3, 0.4) is 0 Å². The third-order valence-electron chi connectivity index (χ3n) is 2.39. The van der Waals surface area contributed by atoms with Gasteiger partial charge in [0, 0.05) is 34.6 Å². The zero-order valence-corrected chi connectivity index (χ0v) is 10.9. The molecule has 1 aromatic carbocycles. The minimum Gasteiger partial charge on any atom is -0.383 e. The largest absolute Gasteiger partial charge is 0.383 e. The molecule has 80 valence electrons. The van der Waals surface area contributed by atoms with E-state index in [1.54, 1.807) is 7.11 Å². The highest BCUT2D eigenvalue weighted by molar-refractivity contribution is 9.10. The summed E-state index contributed by atoms with van der Waals surface area (Å²) in [7, 11) is 1.71. The smallest absolute Gasteiger partial charge is 0.0641 e. The molecule has 0 amide bonds. The number of methoxy groups -OCH3 is 1. The van der Waals surface area contributed by atoms with Gasteiger partial charge in [0.25, 0.3) is 0 Å². The molecule has 2 nitrogen and oxygen atoms in total. The van der Waals surface area contributed by atoms with E-state index in [-0.39, 0.29) is 0 Å². The Balaban J connectivity index is 2.53.